The number of hydrogen-bond donors (Lipinski definition) is 2. The number of hydrogen-bond acceptors (Lipinski definition) is 4. The van der Waals surface area contributed by atoms with Crippen LogP contribution in [0.4, 0.5) is 5.69 Å². The lowest BCUT2D eigenvalue weighted by atomic mass is 10.1. The Kier molecular flexibility index (Phi) is 5.63. The Morgan fingerprint density at radius 2 is 2.11 bits per heavy atom. The summed E-state index contributed by atoms with van der Waals surface area (Å²) in [7, 11) is 5.57. The average Bonchev–Trinajstić information content (AvgIpc) is 2.35. The van der Waals surface area contributed by atoms with E-state index in [1.165, 1.54) is 0 Å². The molecule has 1 aromatic carbocycles. The lowest BCUT2D eigenvalue weighted by Gasteiger charge is -2.17. The highest BCUT2D eigenvalue weighted by molar-refractivity contribution is 5.95. The summed E-state index contributed by atoms with van der Waals surface area (Å²) in [6.07, 6.45) is 0.901. The first-order valence-electron chi connectivity index (χ1n) is 6.32. The number of benzene rings is 1. The van der Waals surface area contributed by atoms with Gasteiger partial charge in [-0.15, -0.1) is 0 Å². The monoisotopic (exact) mass is 265 g/mol. The van der Waals surface area contributed by atoms with Crippen molar-refractivity contribution in [3.8, 4) is 5.75 Å². The smallest absolute Gasteiger partial charge is 0.251 e. The number of carbonyl (C=O) groups excluding carboxylic acids is 1. The van der Waals surface area contributed by atoms with E-state index in [-0.39, 0.29) is 11.9 Å². The summed E-state index contributed by atoms with van der Waals surface area (Å²) in [5.74, 6) is 0.461. The third-order valence-corrected chi connectivity index (χ3v) is 2.81. The standard InChI is InChI=1S/C14H23N3O2/c1-10(5-6-17(2)3)16-14(18)11-7-12(15)9-13(8-11)19-4/h7-10H,5-6,15H2,1-4H3,(H,16,18). The van der Waals surface area contributed by atoms with E-state index in [0.29, 0.717) is 17.0 Å². The molecule has 1 amide bonds. The number of carbonyl (C=O) groups is 1. The lowest BCUT2D eigenvalue weighted by Crippen LogP contribution is -2.34. The molecule has 0 aromatic heterocycles. The maximum Gasteiger partial charge on any atom is 0.251 e. The number of anilines is 1. The van der Waals surface area contributed by atoms with E-state index in [0.717, 1.165) is 13.0 Å². The predicted octanol–water partition coefficient (Wildman–Crippen LogP) is 1.35. The zero-order valence-corrected chi connectivity index (χ0v) is 12.1. The second kappa shape index (κ2) is 6.99. The summed E-state index contributed by atoms with van der Waals surface area (Å²) in [5.41, 5.74) is 6.78. The van der Waals surface area contributed by atoms with Crippen LogP contribution in [0.25, 0.3) is 0 Å². The summed E-state index contributed by atoms with van der Waals surface area (Å²) < 4.78 is 5.10. The SMILES string of the molecule is COc1cc(N)cc(C(=O)NC(C)CCN(C)C)c1. The summed E-state index contributed by atoms with van der Waals surface area (Å²) >= 11 is 0. The molecular weight excluding hydrogens is 242 g/mol. The second-order valence-corrected chi connectivity index (χ2v) is 4.96. The van der Waals surface area contributed by atoms with Gasteiger partial charge in [-0.3, -0.25) is 4.79 Å². The fraction of sp³-hybridized carbons (Fsp3) is 0.500. The van der Waals surface area contributed by atoms with Crippen LogP contribution < -0.4 is 15.8 Å². The summed E-state index contributed by atoms with van der Waals surface area (Å²) in [5, 5.41) is 2.95. The zero-order chi connectivity index (χ0) is 14.4. The molecule has 106 valence electrons. The van der Waals surface area contributed by atoms with Crippen LogP contribution in [0.5, 0.6) is 5.75 Å². The van der Waals surface area contributed by atoms with Crippen molar-refractivity contribution >= 4 is 11.6 Å². The molecule has 0 aliphatic heterocycles. The van der Waals surface area contributed by atoms with Crippen molar-refractivity contribution in [2.75, 3.05) is 33.5 Å². The Bertz CT molecular complexity index is 433. The molecule has 0 bridgehead atoms. The molecule has 0 heterocycles. The van der Waals surface area contributed by atoms with Crippen LogP contribution in [-0.4, -0.2) is 44.6 Å². The normalized spacial score (nSPS) is 12.3. The van der Waals surface area contributed by atoms with Gasteiger partial charge in [-0.25, -0.2) is 0 Å². The van der Waals surface area contributed by atoms with Gasteiger partial charge in [-0.1, -0.05) is 0 Å². The first-order valence-corrected chi connectivity index (χ1v) is 6.32. The van der Waals surface area contributed by atoms with Crippen LogP contribution in [0.3, 0.4) is 0 Å². The van der Waals surface area contributed by atoms with E-state index in [1.54, 1.807) is 25.3 Å². The van der Waals surface area contributed by atoms with Crippen LogP contribution in [0, 0.1) is 0 Å². The average molecular weight is 265 g/mol. The summed E-state index contributed by atoms with van der Waals surface area (Å²) in [6, 6.07) is 5.13. The number of nitrogens with two attached hydrogens (primary N) is 1. The van der Waals surface area contributed by atoms with E-state index in [9.17, 15) is 4.79 Å². The molecule has 0 radical (unpaired) electrons. The van der Waals surface area contributed by atoms with E-state index in [1.807, 2.05) is 21.0 Å². The van der Waals surface area contributed by atoms with Gasteiger partial charge in [0.15, 0.2) is 0 Å². The van der Waals surface area contributed by atoms with Gasteiger partial charge in [0.1, 0.15) is 5.75 Å². The Labute approximate surface area is 114 Å². The quantitative estimate of drug-likeness (QED) is 0.762. The molecule has 5 nitrogen and oxygen atoms in total. The minimum Gasteiger partial charge on any atom is -0.497 e. The maximum atomic E-state index is 12.1. The Balaban J connectivity index is 2.64. The highest BCUT2D eigenvalue weighted by Crippen LogP contribution is 2.18. The summed E-state index contributed by atoms with van der Waals surface area (Å²) in [6.45, 7) is 2.92. The molecule has 0 saturated heterocycles. The molecule has 1 rings (SSSR count). The van der Waals surface area contributed by atoms with Gasteiger partial charge in [-0.2, -0.15) is 0 Å². The van der Waals surface area contributed by atoms with Crippen molar-refractivity contribution in [1.29, 1.82) is 0 Å². The van der Waals surface area contributed by atoms with Crippen molar-refractivity contribution in [1.82, 2.24) is 10.2 Å². The van der Waals surface area contributed by atoms with Gasteiger partial charge in [-0.05, 0) is 46.1 Å². The zero-order valence-electron chi connectivity index (χ0n) is 12.1. The van der Waals surface area contributed by atoms with Crippen LogP contribution in [0.1, 0.15) is 23.7 Å². The van der Waals surface area contributed by atoms with E-state index < -0.39 is 0 Å². The van der Waals surface area contributed by atoms with Crippen molar-refractivity contribution in [3.05, 3.63) is 23.8 Å². The number of nitrogens with zero attached hydrogens (tertiary/aromatic N) is 1. The number of nitrogen functional groups attached to an aromatic ring is 1. The predicted molar refractivity (Wildman–Crippen MR) is 77.5 cm³/mol. The van der Waals surface area contributed by atoms with E-state index in [4.69, 9.17) is 10.5 Å². The number of nitrogens with one attached hydrogen (secondary N) is 1. The molecule has 0 aliphatic carbocycles. The molecule has 3 N–H and O–H groups in total. The van der Waals surface area contributed by atoms with Crippen LogP contribution in [-0.2, 0) is 0 Å². The van der Waals surface area contributed by atoms with Crippen molar-refractivity contribution in [2.24, 2.45) is 0 Å². The molecular formula is C14H23N3O2. The van der Waals surface area contributed by atoms with Crippen molar-refractivity contribution in [2.45, 2.75) is 19.4 Å². The van der Waals surface area contributed by atoms with Gasteiger partial charge < -0.3 is 20.7 Å². The van der Waals surface area contributed by atoms with Gasteiger partial charge >= 0.3 is 0 Å². The third-order valence-electron chi connectivity index (χ3n) is 2.81. The molecule has 19 heavy (non-hydrogen) atoms. The Morgan fingerprint density at radius 3 is 2.68 bits per heavy atom. The lowest BCUT2D eigenvalue weighted by molar-refractivity contribution is 0.0936. The largest absolute Gasteiger partial charge is 0.497 e. The molecule has 1 unspecified atom stereocenters. The first kappa shape index (κ1) is 15.3. The molecule has 0 fully saturated rings. The van der Waals surface area contributed by atoms with Crippen LogP contribution in [0.2, 0.25) is 0 Å². The van der Waals surface area contributed by atoms with Gasteiger partial charge in [0.2, 0.25) is 0 Å². The van der Waals surface area contributed by atoms with E-state index in [2.05, 4.69) is 10.2 Å². The van der Waals surface area contributed by atoms with Gasteiger partial charge in [0, 0.05) is 23.4 Å². The fourth-order valence-electron chi connectivity index (χ4n) is 1.70. The Morgan fingerprint density at radius 1 is 1.42 bits per heavy atom. The number of rotatable bonds is 6. The minimum absolute atomic E-state index is 0.113. The van der Waals surface area contributed by atoms with Crippen molar-refractivity contribution < 1.29 is 9.53 Å². The third kappa shape index (κ3) is 5.18. The molecule has 1 atom stereocenters. The van der Waals surface area contributed by atoms with Gasteiger partial charge in [0.25, 0.3) is 5.91 Å². The highest BCUT2D eigenvalue weighted by atomic mass is 16.5. The van der Waals surface area contributed by atoms with Crippen molar-refractivity contribution in [3.63, 3.8) is 0 Å². The molecule has 0 aliphatic rings. The maximum absolute atomic E-state index is 12.1. The number of ether oxygens (including phenoxy) is 1. The fourth-order valence-corrected chi connectivity index (χ4v) is 1.70. The van der Waals surface area contributed by atoms with Gasteiger partial charge in [0.05, 0.1) is 7.11 Å². The molecule has 5 heteroatoms. The Hall–Kier alpha value is -1.75. The molecule has 0 saturated carbocycles. The topological polar surface area (TPSA) is 67.6 Å². The number of amides is 1. The minimum atomic E-state index is -0.128. The van der Waals surface area contributed by atoms with E-state index >= 15 is 0 Å². The second-order valence-electron chi connectivity index (χ2n) is 4.96. The molecule has 1 aromatic rings. The molecule has 0 spiro atoms. The summed E-state index contributed by atoms with van der Waals surface area (Å²) in [4.78, 5) is 14.2. The highest BCUT2D eigenvalue weighted by Gasteiger charge is 2.11. The number of methoxy groups -OCH3 is 1. The first-order chi connectivity index (χ1) is 8.92. The van der Waals surface area contributed by atoms with Crippen LogP contribution in [0.15, 0.2) is 18.2 Å². The van der Waals surface area contributed by atoms with Crippen LogP contribution >= 0.6 is 0 Å².